The van der Waals surface area contributed by atoms with Crippen LogP contribution in [-0.4, -0.2) is 28.0 Å². The summed E-state index contributed by atoms with van der Waals surface area (Å²) in [4.78, 5) is 18.7. The number of para-hydroxylation sites is 2. The largest absolute Gasteiger partial charge is 0.367 e. The van der Waals surface area contributed by atoms with Crippen molar-refractivity contribution in [2.75, 3.05) is 16.8 Å². The summed E-state index contributed by atoms with van der Waals surface area (Å²) in [5.41, 5.74) is 2.08. The molecule has 0 radical (unpaired) electrons. The second kappa shape index (κ2) is 5.48. The number of rotatable bonds is 4. The highest BCUT2D eigenvalue weighted by atomic mass is 16.1. The third-order valence-electron chi connectivity index (χ3n) is 4.78. The molecule has 1 saturated carbocycles. The topological polar surface area (TPSA) is 50.2 Å². The van der Waals surface area contributed by atoms with E-state index in [9.17, 15) is 4.79 Å². The Kier molecular flexibility index (Phi) is 3.33. The molecule has 5 nitrogen and oxygen atoms in total. The minimum atomic E-state index is -0.0187. The van der Waals surface area contributed by atoms with Crippen molar-refractivity contribution in [3.63, 3.8) is 0 Å². The first-order chi connectivity index (χ1) is 10.8. The number of carbonyl (C=O) groups excluding carboxylic acids is 1. The van der Waals surface area contributed by atoms with Crippen LogP contribution in [-0.2, 0) is 11.3 Å². The van der Waals surface area contributed by atoms with Gasteiger partial charge in [0.25, 0.3) is 0 Å². The Morgan fingerprint density at radius 3 is 2.95 bits per heavy atom. The predicted molar refractivity (Wildman–Crippen MR) is 85.8 cm³/mol. The van der Waals surface area contributed by atoms with Gasteiger partial charge in [-0.3, -0.25) is 4.79 Å². The number of fused-ring (bicyclic) bond motifs is 2. The minimum absolute atomic E-state index is 0.0187. The average Bonchev–Trinajstić information content (AvgIpc) is 3.25. The molecule has 1 aromatic heterocycles. The van der Waals surface area contributed by atoms with Gasteiger partial charge in [-0.1, -0.05) is 12.1 Å². The second-order valence-electron chi connectivity index (χ2n) is 6.29. The fraction of sp³-hybridized carbons (Fsp3) is 0.412. The third kappa shape index (κ3) is 2.47. The predicted octanol–water partition coefficient (Wildman–Crippen LogP) is 2.51. The normalized spacial score (nSPS) is 23.0. The molecule has 2 heterocycles. The third-order valence-corrected chi connectivity index (χ3v) is 4.78. The van der Waals surface area contributed by atoms with Crippen LogP contribution in [0.3, 0.4) is 0 Å². The lowest BCUT2D eigenvalue weighted by Crippen LogP contribution is -2.32. The summed E-state index contributed by atoms with van der Waals surface area (Å²) in [7, 11) is 0. The number of aromatic nitrogens is 2. The van der Waals surface area contributed by atoms with E-state index in [0.29, 0.717) is 12.6 Å². The first-order valence-electron chi connectivity index (χ1n) is 7.91. The van der Waals surface area contributed by atoms with Gasteiger partial charge in [-0.2, -0.15) is 0 Å². The molecule has 0 spiro atoms. The molecule has 1 aliphatic carbocycles. The number of benzene rings is 1. The van der Waals surface area contributed by atoms with Gasteiger partial charge in [0.2, 0.25) is 5.91 Å². The molecule has 5 heteroatoms. The number of amides is 1. The van der Waals surface area contributed by atoms with Gasteiger partial charge in [-0.25, -0.2) is 4.98 Å². The van der Waals surface area contributed by atoms with E-state index >= 15 is 0 Å². The van der Waals surface area contributed by atoms with E-state index in [0.717, 1.165) is 23.8 Å². The molecule has 2 bridgehead atoms. The van der Waals surface area contributed by atoms with Crippen molar-refractivity contribution in [3.8, 4) is 0 Å². The molecule has 1 amide bonds. The van der Waals surface area contributed by atoms with E-state index in [1.54, 1.807) is 23.3 Å². The van der Waals surface area contributed by atoms with Gasteiger partial charge in [-0.05, 0) is 37.3 Å². The SMILES string of the molecule is O=C(Cn1ccnc1)Nc1ccccc1N1C[C@H]2CC[C@H]1C2. The number of nitrogens with one attached hydrogen (secondary N) is 1. The Hall–Kier alpha value is -2.30. The van der Waals surface area contributed by atoms with Gasteiger partial charge in [0.05, 0.1) is 17.7 Å². The van der Waals surface area contributed by atoms with Crippen LogP contribution in [0.5, 0.6) is 0 Å². The molecule has 2 fully saturated rings. The Morgan fingerprint density at radius 2 is 2.23 bits per heavy atom. The number of anilines is 2. The van der Waals surface area contributed by atoms with Gasteiger partial charge < -0.3 is 14.8 Å². The van der Waals surface area contributed by atoms with Crippen LogP contribution in [0.2, 0.25) is 0 Å². The van der Waals surface area contributed by atoms with Crippen molar-refractivity contribution in [1.29, 1.82) is 0 Å². The Bertz CT molecular complexity index is 667. The van der Waals surface area contributed by atoms with Gasteiger partial charge in [0, 0.05) is 25.0 Å². The van der Waals surface area contributed by atoms with E-state index < -0.39 is 0 Å². The average molecular weight is 296 g/mol. The minimum Gasteiger partial charge on any atom is -0.367 e. The standard InChI is InChI=1S/C17H20N4O/c22-17(11-20-8-7-18-12-20)19-15-3-1-2-4-16(15)21-10-13-5-6-14(21)9-13/h1-4,7-8,12-14H,5-6,9-11H2,(H,19,22)/t13-,14-/m0/s1. The summed E-state index contributed by atoms with van der Waals surface area (Å²) in [5, 5.41) is 3.06. The fourth-order valence-electron chi connectivity index (χ4n) is 3.79. The fourth-order valence-corrected chi connectivity index (χ4v) is 3.79. The van der Waals surface area contributed by atoms with Gasteiger partial charge in [-0.15, -0.1) is 0 Å². The summed E-state index contributed by atoms with van der Waals surface area (Å²) in [6.45, 7) is 1.42. The highest BCUT2D eigenvalue weighted by Crippen LogP contribution is 2.42. The van der Waals surface area contributed by atoms with Crippen LogP contribution in [0, 0.1) is 5.92 Å². The van der Waals surface area contributed by atoms with Gasteiger partial charge in [0.15, 0.2) is 0 Å². The molecule has 114 valence electrons. The molecule has 22 heavy (non-hydrogen) atoms. The summed E-state index contributed by atoms with van der Waals surface area (Å²) < 4.78 is 1.77. The zero-order valence-electron chi connectivity index (χ0n) is 12.5. The van der Waals surface area contributed by atoms with Crippen LogP contribution < -0.4 is 10.2 Å². The number of imidazole rings is 1. The molecule has 2 aliphatic rings. The smallest absolute Gasteiger partial charge is 0.244 e. The highest BCUT2D eigenvalue weighted by molar-refractivity contribution is 5.94. The molecule has 1 aromatic carbocycles. The lowest BCUT2D eigenvalue weighted by atomic mass is 10.1. The van der Waals surface area contributed by atoms with E-state index in [1.165, 1.54) is 19.3 Å². The monoisotopic (exact) mass is 296 g/mol. The Balaban J connectivity index is 1.51. The summed E-state index contributed by atoms with van der Waals surface area (Å²) >= 11 is 0. The van der Waals surface area contributed by atoms with E-state index in [4.69, 9.17) is 0 Å². The molecule has 1 N–H and O–H groups in total. The summed E-state index contributed by atoms with van der Waals surface area (Å²) in [5.74, 6) is 0.814. The quantitative estimate of drug-likeness (QED) is 0.943. The van der Waals surface area contributed by atoms with Crippen LogP contribution in [0.4, 0.5) is 11.4 Å². The van der Waals surface area contributed by atoms with Crippen molar-refractivity contribution in [1.82, 2.24) is 9.55 Å². The van der Waals surface area contributed by atoms with Crippen LogP contribution in [0.15, 0.2) is 43.0 Å². The van der Waals surface area contributed by atoms with Crippen molar-refractivity contribution < 1.29 is 4.79 Å². The van der Waals surface area contributed by atoms with Crippen LogP contribution >= 0.6 is 0 Å². The number of hydrogen-bond donors (Lipinski definition) is 1. The number of nitrogens with zero attached hydrogens (tertiary/aromatic N) is 3. The molecule has 4 rings (SSSR count). The number of piperidine rings is 1. The lowest BCUT2D eigenvalue weighted by Gasteiger charge is -2.31. The molecular formula is C17H20N4O. The Morgan fingerprint density at radius 1 is 1.32 bits per heavy atom. The highest BCUT2D eigenvalue weighted by Gasteiger charge is 2.38. The summed E-state index contributed by atoms with van der Waals surface area (Å²) in [6.07, 6.45) is 9.08. The molecular weight excluding hydrogens is 276 g/mol. The maximum atomic E-state index is 12.2. The van der Waals surface area contributed by atoms with Crippen molar-refractivity contribution >= 4 is 17.3 Å². The molecule has 1 aliphatic heterocycles. The maximum absolute atomic E-state index is 12.2. The molecule has 2 atom stereocenters. The zero-order chi connectivity index (χ0) is 14.9. The number of hydrogen-bond acceptors (Lipinski definition) is 3. The first-order valence-corrected chi connectivity index (χ1v) is 7.91. The second-order valence-corrected chi connectivity index (χ2v) is 6.29. The zero-order valence-corrected chi connectivity index (χ0v) is 12.5. The van der Waals surface area contributed by atoms with Crippen LogP contribution in [0.1, 0.15) is 19.3 Å². The maximum Gasteiger partial charge on any atom is 0.244 e. The molecule has 1 saturated heterocycles. The van der Waals surface area contributed by atoms with E-state index in [-0.39, 0.29) is 5.91 Å². The van der Waals surface area contributed by atoms with Crippen molar-refractivity contribution in [3.05, 3.63) is 43.0 Å². The van der Waals surface area contributed by atoms with Crippen molar-refractivity contribution in [2.24, 2.45) is 5.92 Å². The molecule has 2 aromatic rings. The van der Waals surface area contributed by atoms with Crippen LogP contribution in [0.25, 0.3) is 0 Å². The van der Waals surface area contributed by atoms with Gasteiger partial charge >= 0.3 is 0 Å². The molecule has 0 unspecified atom stereocenters. The Labute approximate surface area is 130 Å². The number of carbonyl (C=O) groups is 1. The lowest BCUT2D eigenvalue weighted by molar-refractivity contribution is -0.116. The van der Waals surface area contributed by atoms with E-state index in [1.807, 2.05) is 18.2 Å². The van der Waals surface area contributed by atoms with E-state index in [2.05, 4.69) is 21.3 Å². The van der Waals surface area contributed by atoms with Gasteiger partial charge in [0.1, 0.15) is 6.54 Å². The first kappa shape index (κ1) is 13.4. The summed E-state index contributed by atoms with van der Waals surface area (Å²) in [6, 6.07) is 8.79. The van der Waals surface area contributed by atoms with Crippen molar-refractivity contribution in [2.45, 2.75) is 31.8 Å².